The number of benzene rings is 1. The first kappa shape index (κ1) is 22.7. The minimum atomic E-state index is -0.821. The Hall–Kier alpha value is -1.59. The van der Waals surface area contributed by atoms with E-state index in [2.05, 4.69) is 31.2 Å². The van der Waals surface area contributed by atoms with Gasteiger partial charge >= 0.3 is 6.09 Å². The summed E-state index contributed by atoms with van der Waals surface area (Å²) in [6.07, 6.45) is 9.64. The van der Waals surface area contributed by atoms with Crippen molar-refractivity contribution >= 4 is 6.09 Å². The van der Waals surface area contributed by atoms with Crippen molar-refractivity contribution in [3.05, 3.63) is 35.4 Å². The van der Waals surface area contributed by atoms with Gasteiger partial charge in [-0.15, -0.1) is 0 Å². The van der Waals surface area contributed by atoms with Gasteiger partial charge in [-0.2, -0.15) is 0 Å². The van der Waals surface area contributed by atoms with E-state index in [1.54, 1.807) is 0 Å². The van der Waals surface area contributed by atoms with Crippen LogP contribution < -0.4 is 5.73 Å². The van der Waals surface area contributed by atoms with Crippen molar-refractivity contribution in [2.75, 3.05) is 13.2 Å². The van der Waals surface area contributed by atoms with Crippen molar-refractivity contribution in [2.45, 2.75) is 89.9 Å². The van der Waals surface area contributed by atoms with E-state index in [1.165, 1.54) is 49.7 Å². The zero-order valence-electron chi connectivity index (χ0n) is 17.8. The highest BCUT2D eigenvalue weighted by Crippen LogP contribution is 2.30. The van der Waals surface area contributed by atoms with Gasteiger partial charge in [0.25, 0.3) is 0 Å². The summed E-state index contributed by atoms with van der Waals surface area (Å²) in [5, 5.41) is 0. The molecular formula is C23H37NO4. The van der Waals surface area contributed by atoms with Gasteiger partial charge in [-0.25, -0.2) is 4.79 Å². The van der Waals surface area contributed by atoms with E-state index < -0.39 is 17.5 Å². The Morgan fingerprint density at radius 3 is 2.07 bits per heavy atom. The summed E-state index contributed by atoms with van der Waals surface area (Å²) in [5.74, 6) is -0.664. The van der Waals surface area contributed by atoms with Gasteiger partial charge in [0, 0.05) is 0 Å². The highest BCUT2D eigenvalue weighted by Gasteiger charge is 2.42. The Balaban J connectivity index is 1.81. The molecule has 28 heavy (non-hydrogen) atoms. The lowest BCUT2D eigenvalue weighted by Gasteiger charge is -2.42. The standard InChI is InChI=1S/C23H37NO4/c1-4-5-6-7-8-9-10-19-11-13-20(14-12-19)15-16-23(28-21(24)25)17-26-22(2,3)27-18-23/h11-14H,4-10,15-18H2,1-3H3,(H2,24,25). The Morgan fingerprint density at radius 2 is 1.50 bits per heavy atom. The summed E-state index contributed by atoms with van der Waals surface area (Å²) in [4.78, 5) is 11.4. The molecule has 1 aliphatic heterocycles. The minimum absolute atomic E-state index is 0.291. The number of carbonyl (C=O) groups is 1. The van der Waals surface area contributed by atoms with Crippen LogP contribution in [0, 0.1) is 0 Å². The third-order valence-corrected chi connectivity index (χ3v) is 5.39. The molecule has 1 fully saturated rings. The molecule has 1 aromatic rings. The third-order valence-electron chi connectivity index (χ3n) is 5.39. The smallest absolute Gasteiger partial charge is 0.405 e. The zero-order chi connectivity index (χ0) is 20.5. The summed E-state index contributed by atoms with van der Waals surface area (Å²) in [6.45, 7) is 6.53. The highest BCUT2D eigenvalue weighted by molar-refractivity contribution is 5.65. The summed E-state index contributed by atoms with van der Waals surface area (Å²) in [5.41, 5.74) is 7.05. The van der Waals surface area contributed by atoms with Crippen LogP contribution >= 0.6 is 0 Å². The van der Waals surface area contributed by atoms with E-state index >= 15 is 0 Å². The average molecular weight is 392 g/mol. The summed E-state index contributed by atoms with van der Waals surface area (Å²) in [6, 6.07) is 8.75. The molecule has 0 radical (unpaired) electrons. The van der Waals surface area contributed by atoms with Gasteiger partial charge in [0.15, 0.2) is 11.4 Å². The van der Waals surface area contributed by atoms with Crippen LogP contribution in [-0.2, 0) is 27.1 Å². The largest absolute Gasteiger partial charge is 0.438 e. The summed E-state index contributed by atoms with van der Waals surface area (Å²) in [7, 11) is 0. The topological polar surface area (TPSA) is 70.8 Å². The fourth-order valence-electron chi connectivity index (χ4n) is 3.52. The first-order valence-electron chi connectivity index (χ1n) is 10.7. The molecule has 1 saturated heterocycles. The maximum atomic E-state index is 11.4. The molecule has 0 bridgehead atoms. The summed E-state index contributed by atoms with van der Waals surface area (Å²) < 4.78 is 16.8. The van der Waals surface area contributed by atoms with Crippen LogP contribution in [0.4, 0.5) is 4.79 Å². The zero-order valence-corrected chi connectivity index (χ0v) is 17.8. The maximum Gasteiger partial charge on any atom is 0.405 e. The Morgan fingerprint density at radius 1 is 0.964 bits per heavy atom. The van der Waals surface area contributed by atoms with E-state index in [9.17, 15) is 4.79 Å². The fraction of sp³-hybridized carbons (Fsp3) is 0.696. The lowest BCUT2D eigenvalue weighted by Crippen LogP contribution is -2.54. The van der Waals surface area contributed by atoms with Crippen molar-refractivity contribution in [2.24, 2.45) is 5.73 Å². The number of amides is 1. The lowest BCUT2D eigenvalue weighted by molar-refractivity contribution is -0.300. The second-order valence-corrected chi connectivity index (χ2v) is 8.42. The van der Waals surface area contributed by atoms with Crippen LogP contribution in [0.3, 0.4) is 0 Å². The Bertz CT molecular complexity index is 587. The van der Waals surface area contributed by atoms with E-state index in [0.717, 1.165) is 12.8 Å². The van der Waals surface area contributed by atoms with E-state index in [1.807, 2.05) is 13.8 Å². The number of hydrogen-bond acceptors (Lipinski definition) is 4. The van der Waals surface area contributed by atoms with Crippen molar-refractivity contribution in [3.8, 4) is 0 Å². The number of rotatable bonds is 11. The van der Waals surface area contributed by atoms with Crippen LogP contribution in [0.5, 0.6) is 0 Å². The van der Waals surface area contributed by atoms with E-state index in [-0.39, 0.29) is 0 Å². The molecule has 1 aliphatic rings. The van der Waals surface area contributed by atoms with Crippen molar-refractivity contribution in [1.82, 2.24) is 0 Å². The molecule has 0 atom stereocenters. The molecular weight excluding hydrogens is 354 g/mol. The van der Waals surface area contributed by atoms with E-state index in [0.29, 0.717) is 19.6 Å². The van der Waals surface area contributed by atoms with Gasteiger partial charge in [-0.1, -0.05) is 63.3 Å². The van der Waals surface area contributed by atoms with Crippen molar-refractivity contribution < 1.29 is 19.0 Å². The summed E-state index contributed by atoms with van der Waals surface area (Å²) >= 11 is 0. The number of ether oxygens (including phenoxy) is 3. The molecule has 5 heteroatoms. The van der Waals surface area contributed by atoms with Crippen LogP contribution in [-0.4, -0.2) is 30.7 Å². The van der Waals surface area contributed by atoms with E-state index in [4.69, 9.17) is 19.9 Å². The first-order valence-corrected chi connectivity index (χ1v) is 10.7. The lowest BCUT2D eigenvalue weighted by atomic mass is 9.94. The molecule has 0 saturated carbocycles. The van der Waals surface area contributed by atoms with Crippen LogP contribution in [0.2, 0.25) is 0 Å². The molecule has 158 valence electrons. The molecule has 5 nitrogen and oxygen atoms in total. The van der Waals surface area contributed by atoms with Crippen molar-refractivity contribution in [3.63, 3.8) is 0 Å². The number of primary amides is 1. The fourth-order valence-corrected chi connectivity index (χ4v) is 3.52. The van der Waals surface area contributed by atoms with Crippen molar-refractivity contribution in [1.29, 1.82) is 0 Å². The monoisotopic (exact) mass is 391 g/mol. The molecule has 0 aromatic heterocycles. The molecule has 0 unspecified atom stereocenters. The molecule has 2 rings (SSSR count). The van der Waals surface area contributed by atoms with Gasteiger partial charge in [0.2, 0.25) is 0 Å². The number of hydrogen-bond donors (Lipinski definition) is 1. The van der Waals surface area contributed by atoms with Gasteiger partial charge in [-0.3, -0.25) is 0 Å². The van der Waals surface area contributed by atoms with Gasteiger partial charge in [0.1, 0.15) is 0 Å². The molecule has 1 heterocycles. The maximum absolute atomic E-state index is 11.4. The third kappa shape index (κ3) is 7.80. The molecule has 0 spiro atoms. The second-order valence-electron chi connectivity index (χ2n) is 8.42. The quantitative estimate of drug-likeness (QED) is 0.530. The van der Waals surface area contributed by atoms with Crippen LogP contribution in [0.1, 0.15) is 76.8 Å². The first-order chi connectivity index (χ1) is 13.3. The Labute approximate surface area is 169 Å². The number of aryl methyl sites for hydroxylation is 2. The number of carbonyl (C=O) groups excluding carboxylic acids is 1. The number of nitrogens with two attached hydrogens (primary N) is 1. The number of unbranched alkanes of at least 4 members (excludes halogenated alkanes) is 5. The molecule has 0 aliphatic carbocycles. The SMILES string of the molecule is CCCCCCCCc1ccc(CCC2(OC(N)=O)COC(C)(C)OC2)cc1. The average Bonchev–Trinajstić information content (AvgIpc) is 2.66. The predicted octanol–water partition coefficient (Wildman–Crippen LogP) is 5.14. The van der Waals surface area contributed by atoms with Gasteiger partial charge in [-0.05, 0) is 50.7 Å². The Kier molecular flexibility index (Phi) is 8.77. The van der Waals surface area contributed by atoms with Crippen LogP contribution in [0.25, 0.3) is 0 Å². The minimum Gasteiger partial charge on any atom is -0.438 e. The van der Waals surface area contributed by atoms with Gasteiger partial charge in [0.05, 0.1) is 13.2 Å². The molecule has 1 aromatic carbocycles. The normalized spacial score (nSPS) is 18.0. The second kappa shape index (κ2) is 10.8. The highest BCUT2D eigenvalue weighted by atomic mass is 16.7. The predicted molar refractivity (Wildman–Crippen MR) is 111 cm³/mol. The molecule has 1 amide bonds. The molecule has 2 N–H and O–H groups in total. The van der Waals surface area contributed by atoms with Crippen LogP contribution in [0.15, 0.2) is 24.3 Å². The van der Waals surface area contributed by atoms with Gasteiger partial charge < -0.3 is 19.9 Å².